The summed E-state index contributed by atoms with van der Waals surface area (Å²) in [5.41, 5.74) is 1.19. The molecule has 0 bridgehead atoms. The molecule has 1 N–H and O–H groups in total. The van der Waals surface area contributed by atoms with Crippen LogP contribution in [0.2, 0.25) is 10.0 Å². The van der Waals surface area contributed by atoms with Crippen LogP contribution in [0, 0.1) is 5.41 Å². The van der Waals surface area contributed by atoms with Crippen molar-refractivity contribution in [1.29, 1.82) is 0 Å². The first kappa shape index (κ1) is 13.5. The maximum absolute atomic E-state index is 6.23. The third-order valence-corrected chi connectivity index (χ3v) is 5.35. The van der Waals surface area contributed by atoms with E-state index in [0.29, 0.717) is 27.6 Å². The fourth-order valence-corrected chi connectivity index (χ4v) is 3.96. The highest BCUT2D eigenvalue weighted by Crippen LogP contribution is 2.58. The first-order chi connectivity index (χ1) is 9.17. The Labute approximate surface area is 124 Å². The van der Waals surface area contributed by atoms with Crippen molar-refractivity contribution in [2.45, 2.75) is 44.8 Å². The lowest BCUT2D eigenvalue weighted by Gasteiger charge is -2.61. The van der Waals surface area contributed by atoms with Gasteiger partial charge < -0.3 is 10.1 Å². The lowest BCUT2D eigenvalue weighted by atomic mass is 9.51. The average Bonchev–Trinajstić information content (AvgIpc) is 2.29. The molecule has 2 atom stereocenters. The Balaban J connectivity index is 1.75. The number of hydrogen-bond donors (Lipinski definition) is 1. The van der Waals surface area contributed by atoms with E-state index in [1.165, 1.54) is 19.3 Å². The first-order valence-corrected chi connectivity index (χ1v) is 7.75. The van der Waals surface area contributed by atoms with Gasteiger partial charge in [0.25, 0.3) is 0 Å². The highest BCUT2D eigenvalue weighted by molar-refractivity contribution is 6.39. The Bertz CT molecular complexity index is 453. The quantitative estimate of drug-likeness (QED) is 0.866. The van der Waals surface area contributed by atoms with Crippen LogP contribution in [0.3, 0.4) is 0 Å². The Morgan fingerprint density at radius 1 is 1.32 bits per heavy atom. The van der Waals surface area contributed by atoms with Crippen LogP contribution in [-0.4, -0.2) is 18.8 Å². The van der Waals surface area contributed by atoms with Crippen molar-refractivity contribution in [2.75, 3.05) is 11.9 Å². The van der Waals surface area contributed by atoms with Gasteiger partial charge in [0.15, 0.2) is 0 Å². The van der Waals surface area contributed by atoms with Gasteiger partial charge in [-0.3, -0.25) is 0 Å². The molecule has 104 valence electrons. The van der Waals surface area contributed by atoms with Crippen LogP contribution in [0.4, 0.5) is 5.69 Å². The van der Waals surface area contributed by atoms with Gasteiger partial charge in [-0.2, -0.15) is 0 Å². The minimum Gasteiger partial charge on any atom is -0.379 e. The van der Waals surface area contributed by atoms with Crippen LogP contribution in [0.15, 0.2) is 18.2 Å². The smallest absolute Gasteiger partial charge is 0.0721 e. The third-order valence-electron chi connectivity index (χ3n) is 4.72. The number of halogens is 2. The summed E-state index contributed by atoms with van der Waals surface area (Å²) in [6.45, 7) is 2.87. The Morgan fingerprint density at radius 2 is 2.00 bits per heavy atom. The van der Waals surface area contributed by atoms with E-state index < -0.39 is 0 Å². The van der Waals surface area contributed by atoms with E-state index in [9.17, 15) is 0 Å². The number of anilines is 1. The second-order valence-electron chi connectivity index (χ2n) is 5.56. The number of hydrogen-bond acceptors (Lipinski definition) is 2. The molecule has 2 nitrogen and oxygen atoms in total. The summed E-state index contributed by atoms with van der Waals surface area (Å²) >= 11 is 12.5. The molecule has 2 fully saturated rings. The molecule has 19 heavy (non-hydrogen) atoms. The maximum atomic E-state index is 6.23. The molecule has 0 heterocycles. The van der Waals surface area contributed by atoms with Crippen LogP contribution in [0.1, 0.15) is 32.6 Å². The molecule has 2 unspecified atom stereocenters. The Hall–Kier alpha value is -0.440. The molecule has 0 saturated heterocycles. The molecule has 2 aliphatic rings. The Morgan fingerprint density at radius 3 is 2.53 bits per heavy atom. The SMILES string of the molecule is CCOC1CC(Nc2c(Cl)cccc2Cl)C12CCC2. The predicted octanol–water partition coefficient (Wildman–Crippen LogP) is 4.75. The van der Waals surface area contributed by atoms with Gasteiger partial charge in [0.1, 0.15) is 0 Å². The fraction of sp³-hybridized carbons (Fsp3) is 0.600. The summed E-state index contributed by atoms with van der Waals surface area (Å²) in [4.78, 5) is 0. The van der Waals surface area contributed by atoms with E-state index in [4.69, 9.17) is 27.9 Å². The molecule has 1 aromatic rings. The monoisotopic (exact) mass is 299 g/mol. The maximum Gasteiger partial charge on any atom is 0.0721 e. The second-order valence-corrected chi connectivity index (χ2v) is 6.37. The first-order valence-electron chi connectivity index (χ1n) is 6.99. The number of benzene rings is 1. The molecule has 2 saturated carbocycles. The Kier molecular flexibility index (Phi) is 3.67. The zero-order valence-electron chi connectivity index (χ0n) is 11.1. The van der Waals surface area contributed by atoms with Crippen molar-refractivity contribution >= 4 is 28.9 Å². The van der Waals surface area contributed by atoms with E-state index in [0.717, 1.165) is 18.7 Å². The summed E-state index contributed by atoms with van der Waals surface area (Å²) in [7, 11) is 0. The molecule has 1 aromatic carbocycles. The number of nitrogens with one attached hydrogen (secondary N) is 1. The second kappa shape index (κ2) is 5.16. The zero-order valence-corrected chi connectivity index (χ0v) is 12.6. The summed E-state index contributed by atoms with van der Waals surface area (Å²) < 4.78 is 5.86. The van der Waals surface area contributed by atoms with Crippen LogP contribution in [0.25, 0.3) is 0 Å². The van der Waals surface area contributed by atoms with Gasteiger partial charge in [0.2, 0.25) is 0 Å². The summed E-state index contributed by atoms with van der Waals surface area (Å²) in [5, 5.41) is 4.94. The minimum absolute atomic E-state index is 0.318. The standard InChI is InChI=1S/C15H19Cl2NO/c1-2-19-13-9-12(15(13)7-4-8-15)18-14-10(16)5-3-6-11(14)17/h3,5-6,12-13,18H,2,4,7-9H2,1H3. The van der Waals surface area contributed by atoms with Gasteiger partial charge >= 0.3 is 0 Å². The van der Waals surface area contributed by atoms with Crippen LogP contribution in [0.5, 0.6) is 0 Å². The molecule has 0 radical (unpaired) electrons. The lowest BCUT2D eigenvalue weighted by molar-refractivity contribution is -0.157. The predicted molar refractivity (Wildman–Crippen MR) is 80.2 cm³/mol. The molecule has 3 rings (SSSR count). The molecule has 2 aliphatic carbocycles. The van der Waals surface area contributed by atoms with Gasteiger partial charge in [-0.1, -0.05) is 35.7 Å². The average molecular weight is 300 g/mol. The molecule has 0 amide bonds. The molecular weight excluding hydrogens is 281 g/mol. The molecular formula is C15H19Cl2NO. The minimum atomic E-state index is 0.318. The van der Waals surface area contributed by atoms with Crippen molar-refractivity contribution in [2.24, 2.45) is 5.41 Å². The van der Waals surface area contributed by atoms with Gasteiger partial charge in [0.05, 0.1) is 21.8 Å². The number of para-hydroxylation sites is 1. The highest BCUT2D eigenvalue weighted by Gasteiger charge is 2.59. The van der Waals surface area contributed by atoms with E-state index in [1.807, 2.05) is 18.2 Å². The van der Waals surface area contributed by atoms with Crippen LogP contribution < -0.4 is 5.32 Å². The van der Waals surface area contributed by atoms with E-state index in [1.54, 1.807) is 0 Å². The van der Waals surface area contributed by atoms with E-state index in [2.05, 4.69) is 12.2 Å². The molecule has 0 aliphatic heterocycles. The van der Waals surface area contributed by atoms with Gasteiger partial charge in [-0.15, -0.1) is 0 Å². The molecule has 1 spiro atoms. The number of rotatable bonds is 4. The summed E-state index contributed by atoms with van der Waals surface area (Å²) in [6, 6.07) is 6.07. The number of ether oxygens (including phenoxy) is 1. The van der Waals surface area contributed by atoms with Gasteiger partial charge in [-0.05, 0) is 38.3 Å². The van der Waals surface area contributed by atoms with Gasteiger partial charge in [-0.25, -0.2) is 0 Å². The lowest BCUT2D eigenvalue weighted by Crippen LogP contribution is -2.64. The topological polar surface area (TPSA) is 21.3 Å². The van der Waals surface area contributed by atoms with Gasteiger partial charge in [0, 0.05) is 18.1 Å². The summed E-state index contributed by atoms with van der Waals surface area (Å²) in [6.07, 6.45) is 5.26. The van der Waals surface area contributed by atoms with Crippen molar-refractivity contribution in [3.8, 4) is 0 Å². The zero-order chi connectivity index (χ0) is 13.5. The fourth-order valence-electron chi connectivity index (χ4n) is 3.45. The van der Waals surface area contributed by atoms with E-state index in [-0.39, 0.29) is 0 Å². The summed E-state index contributed by atoms with van der Waals surface area (Å²) in [5.74, 6) is 0. The van der Waals surface area contributed by atoms with Crippen molar-refractivity contribution in [1.82, 2.24) is 0 Å². The largest absolute Gasteiger partial charge is 0.379 e. The normalized spacial score (nSPS) is 27.7. The molecule has 0 aromatic heterocycles. The van der Waals surface area contributed by atoms with Crippen molar-refractivity contribution < 1.29 is 4.74 Å². The van der Waals surface area contributed by atoms with E-state index >= 15 is 0 Å². The van der Waals surface area contributed by atoms with Crippen LogP contribution >= 0.6 is 23.2 Å². The van der Waals surface area contributed by atoms with Crippen molar-refractivity contribution in [3.63, 3.8) is 0 Å². The van der Waals surface area contributed by atoms with Crippen LogP contribution in [-0.2, 0) is 4.74 Å². The van der Waals surface area contributed by atoms with Crippen molar-refractivity contribution in [3.05, 3.63) is 28.2 Å². The molecule has 4 heteroatoms. The highest BCUT2D eigenvalue weighted by atomic mass is 35.5. The third kappa shape index (κ3) is 2.14.